The predicted molar refractivity (Wildman–Crippen MR) is 96.5 cm³/mol. The fourth-order valence-corrected chi connectivity index (χ4v) is 2.49. The molecule has 8 heteroatoms. The number of anilines is 2. The molecule has 0 unspecified atom stereocenters. The Bertz CT molecular complexity index is 712. The third-order valence-corrected chi connectivity index (χ3v) is 3.92. The van der Waals surface area contributed by atoms with Crippen LogP contribution in [0.15, 0.2) is 42.3 Å². The second-order valence-corrected chi connectivity index (χ2v) is 5.64. The number of carbonyl (C=O) groups excluding carboxylic acids is 2. The summed E-state index contributed by atoms with van der Waals surface area (Å²) in [6, 6.07) is 6.30. The van der Waals surface area contributed by atoms with E-state index in [4.69, 9.17) is 0 Å². The van der Waals surface area contributed by atoms with Crippen molar-refractivity contribution in [2.45, 2.75) is 6.54 Å². The smallest absolute Gasteiger partial charge is 0.319 e. The average molecular weight is 345 g/mol. The molecule has 0 fully saturated rings. The SMILES string of the molecule is C=CCNC(=O)c1ccc(NC(=O)NCc2csc(NC)n2)cc1. The molecule has 2 rings (SSSR count). The summed E-state index contributed by atoms with van der Waals surface area (Å²) in [5, 5.41) is 13.7. The van der Waals surface area contributed by atoms with E-state index in [-0.39, 0.29) is 11.9 Å². The fraction of sp³-hybridized carbons (Fsp3) is 0.188. The van der Waals surface area contributed by atoms with Crippen molar-refractivity contribution in [1.29, 1.82) is 0 Å². The van der Waals surface area contributed by atoms with Crippen molar-refractivity contribution < 1.29 is 9.59 Å². The molecule has 7 nitrogen and oxygen atoms in total. The Morgan fingerprint density at radius 3 is 2.62 bits per heavy atom. The average Bonchev–Trinajstić information content (AvgIpc) is 3.06. The molecule has 0 aliphatic carbocycles. The van der Waals surface area contributed by atoms with Crippen LogP contribution in [-0.4, -0.2) is 30.5 Å². The van der Waals surface area contributed by atoms with Gasteiger partial charge in [0.25, 0.3) is 5.91 Å². The van der Waals surface area contributed by atoms with Gasteiger partial charge in [-0.1, -0.05) is 6.08 Å². The van der Waals surface area contributed by atoms with E-state index in [9.17, 15) is 9.59 Å². The van der Waals surface area contributed by atoms with Crippen molar-refractivity contribution in [2.75, 3.05) is 24.2 Å². The lowest BCUT2D eigenvalue weighted by atomic mass is 10.2. The number of urea groups is 1. The van der Waals surface area contributed by atoms with Gasteiger partial charge in [0.05, 0.1) is 12.2 Å². The van der Waals surface area contributed by atoms with Crippen LogP contribution in [0.2, 0.25) is 0 Å². The standard InChI is InChI=1S/C16H19N5O2S/c1-3-8-18-14(22)11-4-6-12(7-5-11)20-15(23)19-9-13-10-24-16(17-2)21-13/h3-7,10H,1,8-9H2,2H3,(H,17,21)(H,18,22)(H2,19,20,23). The van der Waals surface area contributed by atoms with Crippen molar-refractivity contribution in [3.63, 3.8) is 0 Å². The van der Waals surface area contributed by atoms with Crippen molar-refractivity contribution >= 4 is 34.1 Å². The monoisotopic (exact) mass is 345 g/mol. The van der Waals surface area contributed by atoms with Crippen LogP contribution in [-0.2, 0) is 6.54 Å². The van der Waals surface area contributed by atoms with Gasteiger partial charge < -0.3 is 21.3 Å². The highest BCUT2D eigenvalue weighted by atomic mass is 32.1. The Hall–Kier alpha value is -2.87. The summed E-state index contributed by atoms with van der Waals surface area (Å²) in [4.78, 5) is 27.9. The Kier molecular flexibility index (Phi) is 6.32. The van der Waals surface area contributed by atoms with Crippen LogP contribution in [0.1, 0.15) is 16.1 Å². The summed E-state index contributed by atoms with van der Waals surface area (Å²) in [5.74, 6) is -0.185. The first kappa shape index (κ1) is 17.5. The topological polar surface area (TPSA) is 95.2 Å². The second-order valence-electron chi connectivity index (χ2n) is 4.78. The molecule has 1 aromatic carbocycles. The first-order chi connectivity index (χ1) is 11.6. The highest BCUT2D eigenvalue weighted by Crippen LogP contribution is 2.14. The number of amides is 3. The van der Waals surface area contributed by atoms with Crippen LogP contribution < -0.4 is 21.3 Å². The normalized spacial score (nSPS) is 9.88. The molecule has 0 spiro atoms. The largest absolute Gasteiger partial charge is 0.365 e. The number of nitrogens with one attached hydrogen (secondary N) is 4. The van der Waals surface area contributed by atoms with Crippen LogP contribution in [0.5, 0.6) is 0 Å². The van der Waals surface area contributed by atoms with E-state index in [1.54, 1.807) is 37.4 Å². The maximum atomic E-state index is 11.9. The van der Waals surface area contributed by atoms with Crippen LogP contribution in [0.3, 0.4) is 0 Å². The molecule has 126 valence electrons. The molecular formula is C16H19N5O2S. The molecule has 1 heterocycles. The Morgan fingerprint density at radius 2 is 2.00 bits per heavy atom. The molecule has 2 aromatic rings. The minimum atomic E-state index is -0.335. The van der Waals surface area contributed by atoms with Gasteiger partial charge >= 0.3 is 6.03 Å². The number of thiazole rings is 1. The van der Waals surface area contributed by atoms with Crippen LogP contribution in [0.25, 0.3) is 0 Å². The number of benzene rings is 1. The number of rotatable bonds is 7. The molecule has 1 aromatic heterocycles. The van der Waals surface area contributed by atoms with Gasteiger partial charge in [-0.25, -0.2) is 9.78 Å². The lowest BCUT2D eigenvalue weighted by molar-refractivity contribution is 0.0958. The van der Waals surface area contributed by atoms with Crippen LogP contribution >= 0.6 is 11.3 Å². The summed E-state index contributed by atoms with van der Waals surface area (Å²) in [5.41, 5.74) is 1.90. The number of carbonyl (C=O) groups is 2. The summed E-state index contributed by atoms with van der Waals surface area (Å²) < 4.78 is 0. The van der Waals surface area contributed by atoms with Gasteiger partial charge in [-0.2, -0.15) is 0 Å². The highest BCUT2D eigenvalue weighted by Gasteiger charge is 2.06. The molecule has 3 amide bonds. The van der Waals surface area contributed by atoms with Crippen LogP contribution in [0.4, 0.5) is 15.6 Å². The molecule has 0 saturated heterocycles. The van der Waals surface area contributed by atoms with Gasteiger partial charge in [0, 0.05) is 30.2 Å². The van der Waals surface area contributed by atoms with Crippen molar-refractivity contribution in [1.82, 2.24) is 15.6 Å². The molecule has 24 heavy (non-hydrogen) atoms. The van der Waals surface area contributed by atoms with E-state index in [0.29, 0.717) is 24.3 Å². The van der Waals surface area contributed by atoms with E-state index in [2.05, 4.69) is 32.8 Å². The third-order valence-electron chi connectivity index (χ3n) is 3.01. The lowest BCUT2D eigenvalue weighted by Gasteiger charge is -2.07. The van der Waals surface area contributed by atoms with Gasteiger partial charge in [0.15, 0.2) is 5.13 Å². The van der Waals surface area contributed by atoms with E-state index in [0.717, 1.165) is 10.8 Å². The number of hydrogen-bond acceptors (Lipinski definition) is 5. The van der Waals surface area contributed by atoms with Gasteiger partial charge in [-0.3, -0.25) is 4.79 Å². The summed E-state index contributed by atoms with van der Waals surface area (Å²) >= 11 is 1.48. The van der Waals surface area contributed by atoms with Crippen LogP contribution in [0, 0.1) is 0 Å². The zero-order chi connectivity index (χ0) is 17.4. The fourth-order valence-electron chi connectivity index (χ4n) is 1.82. The Morgan fingerprint density at radius 1 is 1.25 bits per heavy atom. The Labute approximate surface area is 144 Å². The van der Waals surface area contributed by atoms with Gasteiger partial charge in [0.1, 0.15) is 0 Å². The van der Waals surface area contributed by atoms with E-state index < -0.39 is 0 Å². The minimum absolute atomic E-state index is 0.185. The van der Waals surface area contributed by atoms with Gasteiger partial charge in [0.2, 0.25) is 0 Å². The quantitative estimate of drug-likeness (QED) is 0.580. The predicted octanol–water partition coefficient (Wildman–Crippen LogP) is 2.42. The van der Waals surface area contributed by atoms with Crippen molar-refractivity contribution in [2.24, 2.45) is 0 Å². The maximum absolute atomic E-state index is 11.9. The zero-order valence-corrected chi connectivity index (χ0v) is 14.1. The maximum Gasteiger partial charge on any atom is 0.319 e. The first-order valence-corrected chi connectivity index (χ1v) is 8.16. The summed E-state index contributed by atoms with van der Waals surface area (Å²) in [6.45, 7) is 4.29. The van der Waals surface area contributed by atoms with Crippen molar-refractivity contribution in [3.05, 3.63) is 53.6 Å². The minimum Gasteiger partial charge on any atom is -0.365 e. The molecule has 0 saturated carbocycles. The van der Waals surface area contributed by atoms with Gasteiger partial charge in [-0.05, 0) is 24.3 Å². The molecule has 0 bridgehead atoms. The third kappa shape index (κ3) is 5.10. The van der Waals surface area contributed by atoms with Crippen molar-refractivity contribution in [3.8, 4) is 0 Å². The van der Waals surface area contributed by atoms with Gasteiger partial charge in [-0.15, -0.1) is 17.9 Å². The van der Waals surface area contributed by atoms with E-state index in [1.165, 1.54) is 11.3 Å². The Balaban J connectivity index is 1.83. The molecule has 0 radical (unpaired) electrons. The molecule has 0 atom stereocenters. The summed E-state index contributed by atoms with van der Waals surface area (Å²) in [7, 11) is 1.80. The lowest BCUT2D eigenvalue weighted by Crippen LogP contribution is -2.28. The number of hydrogen-bond donors (Lipinski definition) is 4. The molecule has 0 aliphatic rings. The van der Waals surface area contributed by atoms with E-state index >= 15 is 0 Å². The molecular weight excluding hydrogens is 326 g/mol. The highest BCUT2D eigenvalue weighted by molar-refractivity contribution is 7.13. The zero-order valence-electron chi connectivity index (χ0n) is 13.3. The molecule has 0 aliphatic heterocycles. The number of nitrogens with zero attached hydrogens (tertiary/aromatic N) is 1. The second kappa shape index (κ2) is 8.68. The first-order valence-electron chi connectivity index (χ1n) is 7.28. The molecule has 4 N–H and O–H groups in total. The number of aromatic nitrogens is 1. The van der Waals surface area contributed by atoms with E-state index in [1.807, 2.05) is 5.38 Å². The summed E-state index contributed by atoms with van der Waals surface area (Å²) in [6.07, 6.45) is 1.61.